The number of methoxy groups -OCH3 is 1. The van der Waals surface area contributed by atoms with Crippen molar-refractivity contribution in [2.75, 3.05) is 20.2 Å². The Hall–Kier alpha value is -5.46. The van der Waals surface area contributed by atoms with E-state index in [1.54, 1.807) is 13.1 Å². The van der Waals surface area contributed by atoms with Crippen molar-refractivity contribution < 1.29 is 23.9 Å². The lowest BCUT2D eigenvalue weighted by atomic mass is 10.0. The van der Waals surface area contributed by atoms with Crippen molar-refractivity contribution in [1.82, 2.24) is 40.4 Å². The number of nitrogens with zero attached hydrogens (tertiary/aromatic N) is 4. The monoisotopic (exact) mass is 736 g/mol. The molecule has 2 aliphatic heterocycles. The molecule has 6 rings (SSSR count). The average molecular weight is 737 g/mol. The van der Waals surface area contributed by atoms with E-state index in [0.717, 1.165) is 71.0 Å². The van der Waals surface area contributed by atoms with Gasteiger partial charge < -0.3 is 35.1 Å². The van der Waals surface area contributed by atoms with Gasteiger partial charge in [0.2, 0.25) is 17.7 Å². The Balaban J connectivity index is 1.11. The van der Waals surface area contributed by atoms with Crippen molar-refractivity contribution in [2.45, 2.75) is 90.9 Å². The smallest absolute Gasteiger partial charge is 0.407 e. The number of benzene rings is 2. The standard InChI is InChI=1S/C41H52N8O5/c1-7-34(50)46-35(24(2)3)39(51)48-20-8-10-32(48)37-42-22-30(44-37)28-16-12-26(13-17-28)27-14-18-29(19-15-27)31-23-43-38(45-31)33-11-9-21-49(33)40(52)36(25(4)5)47-41(53)54-6/h12-19,22-25,32-33,35-36H,7-11,20-21H2,1-6H3,(H,42,44)(H,43,45)(H,46,50)(H,47,53)/t32-,33-,35?,36?/m0/s1. The number of carbonyl (C=O) groups is 4. The second kappa shape index (κ2) is 16.7. The number of likely N-dealkylation sites (tertiary alicyclic amines) is 2. The van der Waals surface area contributed by atoms with E-state index in [-0.39, 0.29) is 41.6 Å². The fourth-order valence-corrected chi connectivity index (χ4v) is 7.47. The zero-order valence-electron chi connectivity index (χ0n) is 32.0. The molecule has 2 aliphatic rings. The third kappa shape index (κ3) is 8.19. The topological polar surface area (TPSA) is 165 Å². The molecule has 2 saturated heterocycles. The number of imidazole rings is 2. The van der Waals surface area contributed by atoms with Gasteiger partial charge in [-0.15, -0.1) is 0 Å². The van der Waals surface area contributed by atoms with Gasteiger partial charge in [-0.2, -0.15) is 0 Å². The molecule has 13 nitrogen and oxygen atoms in total. The summed E-state index contributed by atoms with van der Waals surface area (Å²) in [6.45, 7) is 10.7. The van der Waals surface area contributed by atoms with Gasteiger partial charge >= 0.3 is 6.09 Å². The normalized spacial score (nSPS) is 18.2. The summed E-state index contributed by atoms with van der Waals surface area (Å²) in [5, 5.41) is 5.61. The lowest BCUT2D eigenvalue weighted by Crippen LogP contribution is -2.51. The lowest BCUT2D eigenvalue weighted by Gasteiger charge is -2.30. The van der Waals surface area contributed by atoms with Crippen molar-refractivity contribution in [3.63, 3.8) is 0 Å². The van der Waals surface area contributed by atoms with Gasteiger partial charge in [0.1, 0.15) is 23.7 Å². The van der Waals surface area contributed by atoms with Crippen LogP contribution in [0.5, 0.6) is 0 Å². The molecular weight excluding hydrogens is 685 g/mol. The summed E-state index contributed by atoms with van der Waals surface area (Å²) in [6.07, 6.45) is 6.67. The Morgan fingerprint density at radius 1 is 0.704 bits per heavy atom. The van der Waals surface area contributed by atoms with Crippen LogP contribution >= 0.6 is 0 Å². The summed E-state index contributed by atoms with van der Waals surface area (Å²) >= 11 is 0. The first-order valence-corrected chi connectivity index (χ1v) is 19.0. The van der Waals surface area contributed by atoms with Crippen molar-refractivity contribution >= 4 is 23.8 Å². The van der Waals surface area contributed by atoms with E-state index in [9.17, 15) is 19.2 Å². The van der Waals surface area contributed by atoms with Gasteiger partial charge in [0.15, 0.2) is 0 Å². The molecule has 286 valence electrons. The first-order valence-electron chi connectivity index (χ1n) is 19.0. The third-order valence-electron chi connectivity index (χ3n) is 10.6. The Morgan fingerprint density at radius 2 is 1.11 bits per heavy atom. The SMILES string of the molecule is CCC(=O)NC(C(=O)N1CCC[C@H]1c1ncc(-c2ccc(-c3ccc(-c4cnc([C@@H]5CCCN5C(=O)C(NC(=O)OC)C(C)C)[nH]4)cc3)cc2)[nH]1)C(C)C. The van der Waals surface area contributed by atoms with E-state index in [4.69, 9.17) is 9.72 Å². The molecule has 2 unspecified atom stereocenters. The van der Waals surface area contributed by atoms with E-state index in [1.165, 1.54) is 7.11 Å². The predicted octanol–water partition coefficient (Wildman–Crippen LogP) is 6.39. The van der Waals surface area contributed by atoms with Crippen LogP contribution in [0.1, 0.15) is 90.5 Å². The number of aromatic nitrogens is 4. The molecule has 0 saturated carbocycles. The number of hydrogen-bond donors (Lipinski definition) is 4. The molecule has 4 amide bonds. The maximum absolute atomic E-state index is 13.6. The van der Waals surface area contributed by atoms with Crippen LogP contribution in [0.15, 0.2) is 60.9 Å². The number of aromatic amines is 2. The molecule has 4 atom stereocenters. The Labute approximate surface area is 316 Å². The van der Waals surface area contributed by atoms with Crippen LogP contribution in [0.2, 0.25) is 0 Å². The van der Waals surface area contributed by atoms with Crippen LogP contribution in [-0.4, -0.2) is 85.8 Å². The highest BCUT2D eigenvalue weighted by atomic mass is 16.5. The number of alkyl carbamates (subject to hydrolysis) is 1. The van der Waals surface area contributed by atoms with Gasteiger partial charge in [-0.05, 0) is 59.8 Å². The molecule has 4 aromatic rings. The van der Waals surface area contributed by atoms with Crippen LogP contribution in [0.4, 0.5) is 4.79 Å². The van der Waals surface area contributed by atoms with Crippen molar-refractivity contribution in [3.8, 4) is 33.6 Å². The molecule has 0 radical (unpaired) electrons. The molecule has 54 heavy (non-hydrogen) atoms. The molecule has 2 aromatic heterocycles. The van der Waals surface area contributed by atoms with Gasteiger partial charge in [0, 0.05) is 19.5 Å². The number of hydrogen-bond acceptors (Lipinski definition) is 7. The summed E-state index contributed by atoms with van der Waals surface area (Å²) in [5.74, 6) is 1.03. The lowest BCUT2D eigenvalue weighted by molar-refractivity contribution is -0.138. The zero-order chi connectivity index (χ0) is 38.5. The summed E-state index contributed by atoms with van der Waals surface area (Å²) in [7, 11) is 1.29. The molecule has 0 aliphatic carbocycles. The first-order chi connectivity index (χ1) is 26.0. The van der Waals surface area contributed by atoms with Gasteiger partial charge in [-0.25, -0.2) is 14.8 Å². The minimum absolute atomic E-state index is 0.0241. The summed E-state index contributed by atoms with van der Waals surface area (Å²) in [5.41, 5.74) is 5.85. The minimum atomic E-state index is -0.684. The highest BCUT2D eigenvalue weighted by Crippen LogP contribution is 2.35. The Kier molecular flexibility index (Phi) is 11.8. The number of rotatable bonds is 12. The highest BCUT2D eigenvalue weighted by molar-refractivity contribution is 5.88. The zero-order valence-corrected chi connectivity index (χ0v) is 32.0. The predicted molar refractivity (Wildman–Crippen MR) is 206 cm³/mol. The average Bonchev–Trinajstić information content (AvgIpc) is 4.02. The van der Waals surface area contributed by atoms with Gasteiger partial charge in [-0.3, -0.25) is 14.4 Å². The Bertz CT molecular complexity index is 1790. The molecular formula is C41H52N8O5. The highest BCUT2D eigenvalue weighted by Gasteiger charge is 2.38. The number of ether oxygens (including phenoxy) is 1. The van der Waals surface area contributed by atoms with Crippen LogP contribution in [-0.2, 0) is 19.1 Å². The summed E-state index contributed by atoms with van der Waals surface area (Å²) in [4.78, 5) is 71.1. The molecule has 2 fully saturated rings. The van der Waals surface area contributed by atoms with E-state index in [0.29, 0.717) is 19.5 Å². The number of amides is 4. The molecule has 0 spiro atoms. The second-order valence-corrected chi connectivity index (χ2v) is 14.9. The van der Waals surface area contributed by atoms with Crippen LogP contribution in [0.3, 0.4) is 0 Å². The summed E-state index contributed by atoms with van der Waals surface area (Å²) in [6, 6.07) is 14.9. The number of carbonyl (C=O) groups excluding carboxylic acids is 4. The maximum Gasteiger partial charge on any atom is 0.407 e. The van der Waals surface area contributed by atoms with Gasteiger partial charge in [0.05, 0.1) is 43.0 Å². The molecule has 0 bridgehead atoms. The number of H-pyrrole nitrogens is 2. The van der Waals surface area contributed by atoms with Crippen molar-refractivity contribution in [3.05, 3.63) is 72.6 Å². The maximum atomic E-state index is 13.6. The van der Waals surface area contributed by atoms with Crippen molar-refractivity contribution in [2.24, 2.45) is 11.8 Å². The quantitative estimate of drug-likeness (QED) is 0.131. The van der Waals surface area contributed by atoms with Crippen LogP contribution in [0.25, 0.3) is 33.6 Å². The van der Waals surface area contributed by atoms with E-state index < -0.39 is 18.2 Å². The second-order valence-electron chi connectivity index (χ2n) is 14.9. The van der Waals surface area contributed by atoms with Gasteiger partial charge in [-0.1, -0.05) is 83.1 Å². The number of nitrogens with one attached hydrogen (secondary N) is 4. The van der Waals surface area contributed by atoms with E-state index >= 15 is 0 Å². The summed E-state index contributed by atoms with van der Waals surface area (Å²) < 4.78 is 4.75. The van der Waals surface area contributed by atoms with E-state index in [1.807, 2.05) is 43.7 Å². The molecule has 4 heterocycles. The fourth-order valence-electron chi connectivity index (χ4n) is 7.47. The third-order valence-corrected chi connectivity index (χ3v) is 10.6. The minimum Gasteiger partial charge on any atom is -0.453 e. The van der Waals surface area contributed by atoms with Crippen LogP contribution in [0, 0.1) is 11.8 Å². The first kappa shape index (κ1) is 38.3. The fraction of sp³-hybridized carbons (Fsp3) is 0.463. The van der Waals surface area contributed by atoms with Crippen molar-refractivity contribution in [1.29, 1.82) is 0 Å². The molecule has 13 heteroatoms. The largest absolute Gasteiger partial charge is 0.453 e. The molecule has 2 aromatic carbocycles. The Morgan fingerprint density at radius 3 is 1.50 bits per heavy atom. The van der Waals surface area contributed by atoms with Gasteiger partial charge in [0.25, 0.3) is 0 Å². The van der Waals surface area contributed by atoms with E-state index in [2.05, 4.69) is 74.1 Å². The van der Waals surface area contributed by atoms with Crippen LogP contribution < -0.4 is 10.6 Å². The molecule has 4 N–H and O–H groups in total.